The second-order valence-corrected chi connectivity index (χ2v) is 4.99. The van der Waals surface area contributed by atoms with Gasteiger partial charge in [0.2, 0.25) is 0 Å². The molecule has 0 radical (unpaired) electrons. The third-order valence-electron chi connectivity index (χ3n) is 3.46. The van der Waals surface area contributed by atoms with E-state index in [9.17, 15) is 4.79 Å². The smallest absolute Gasteiger partial charge is 0.254 e. The number of nitriles is 1. The highest BCUT2D eigenvalue weighted by atomic mass is 16.2. The molecule has 106 valence electrons. The van der Waals surface area contributed by atoms with Crippen LogP contribution in [0.5, 0.6) is 0 Å². The van der Waals surface area contributed by atoms with Crippen LogP contribution in [0.3, 0.4) is 0 Å². The van der Waals surface area contributed by atoms with E-state index in [1.807, 2.05) is 19.1 Å². The molecule has 2 rings (SSSR count). The molecule has 0 saturated heterocycles. The predicted molar refractivity (Wildman–Crippen MR) is 82.5 cm³/mol. The second kappa shape index (κ2) is 6.10. The third-order valence-corrected chi connectivity index (χ3v) is 3.46. The lowest BCUT2D eigenvalue weighted by atomic mass is 10.1. The van der Waals surface area contributed by atoms with E-state index < -0.39 is 0 Å². The van der Waals surface area contributed by atoms with Crippen LogP contribution >= 0.6 is 0 Å². The van der Waals surface area contributed by atoms with Crippen LogP contribution in [0.25, 0.3) is 0 Å². The Balaban J connectivity index is 2.15. The van der Waals surface area contributed by atoms with E-state index in [1.165, 1.54) is 0 Å². The van der Waals surface area contributed by atoms with Crippen molar-refractivity contribution in [3.63, 3.8) is 0 Å². The SMILES string of the molecule is Cc1c(N)cccc1C(=O)N(C)Cc1ccc(C#N)cc1. The average Bonchev–Trinajstić information content (AvgIpc) is 2.50. The maximum Gasteiger partial charge on any atom is 0.254 e. The molecule has 0 saturated carbocycles. The summed E-state index contributed by atoms with van der Waals surface area (Å²) in [5, 5.41) is 8.78. The van der Waals surface area contributed by atoms with Crippen LogP contribution < -0.4 is 5.73 Å². The zero-order valence-corrected chi connectivity index (χ0v) is 12.1. The van der Waals surface area contributed by atoms with Crippen molar-refractivity contribution in [3.05, 3.63) is 64.7 Å². The summed E-state index contributed by atoms with van der Waals surface area (Å²) in [7, 11) is 1.75. The second-order valence-electron chi connectivity index (χ2n) is 4.99. The highest BCUT2D eigenvalue weighted by Gasteiger charge is 2.15. The number of nitrogens with zero attached hydrogens (tertiary/aromatic N) is 2. The molecule has 4 heteroatoms. The molecule has 0 atom stereocenters. The van der Waals surface area contributed by atoms with Crippen LogP contribution in [-0.2, 0) is 6.54 Å². The normalized spacial score (nSPS) is 9.95. The van der Waals surface area contributed by atoms with Gasteiger partial charge in [-0.3, -0.25) is 4.79 Å². The Hall–Kier alpha value is -2.80. The fraction of sp³-hybridized carbons (Fsp3) is 0.176. The molecule has 2 aromatic rings. The van der Waals surface area contributed by atoms with Crippen molar-refractivity contribution in [2.24, 2.45) is 0 Å². The molecule has 0 aliphatic heterocycles. The zero-order valence-electron chi connectivity index (χ0n) is 12.1. The molecule has 1 amide bonds. The van der Waals surface area contributed by atoms with Gasteiger partial charge in [-0.05, 0) is 42.3 Å². The van der Waals surface area contributed by atoms with E-state index in [4.69, 9.17) is 11.0 Å². The van der Waals surface area contributed by atoms with Crippen LogP contribution in [0.15, 0.2) is 42.5 Å². The molecule has 4 nitrogen and oxygen atoms in total. The van der Waals surface area contributed by atoms with Crippen molar-refractivity contribution in [2.45, 2.75) is 13.5 Å². The van der Waals surface area contributed by atoms with Gasteiger partial charge in [0.25, 0.3) is 5.91 Å². The van der Waals surface area contributed by atoms with E-state index in [1.54, 1.807) is 42.3 Å². The van der Waals surface area contributed by atoms with Crippen LogP contribution in [0.4, 0.5) is 5.69 Å². The molecule has 0 aromatic heterocycles. The minimum atomic E-state index is -0.0656. The van der Waals surface area contributed by atoms with Crippen molar-refractivity contribution in [2.75, 3.05) is 12.8 Å². The molecule has 0 fully saturated rings. The molecule has 0 heterocycles. The van der Waals surface area contributed by atoms with E-state index in [0.29, 0.717) is 23.4 Å². The maximum atomic E-state index is 12.5. The first-order valence-corrected chi connectivity index (χ1v) is 6.62. The number of rotatable bonds is 3. The minimum absolute atomic E-state index is 0.0656. The minimum Gasteiger partial charge on any atom is -0.398 e. The Morgan fingerprint density at radius 2 is 1.90 bits per heavy atom. The van der Waals surface area contributed by atoms with Gasteiger partial charge >= 0.3 is 0 Å². The lowest BCUT2D eigenvalue weighted by molar-refractivity contribution is 0.0784. The number of hydrogen-bond donors (Lipinski definition) is 1. The molecular formula is C17H17N3O. The lowest BCUT2D eigenvalue weighted by Crippen LogP contribution is -2.27. The lowest BCUT2D eigenvalue weighted by Gasteiger charge is -2.19. The van der Waals surface area contributed by atoms with Gasteiger partial charge in [-0.1, -0.05) is 18.2 Å². The molecule has 0 unspecified atom stereocenters. The highest BCUT2D eigenvalue weighted by Crippen LogP contribution is 2.18. The molecule has 2 aromatic carbocycles. The monoisotopic (exact) mass is 279 g/mol. The number of carbonyl (C=O) groups is 1. The van der Waals surface area contributed by atoms with Gasteiger partial charge in [0.1, 0.15) is 0 Å². The number of nitrogen functional groups attached to an aromatic ring is 1. The average molecular weight is 279 g/mol. The maximum absolute atomic E-state index is 12.5. The van der Waals surface area contributed by atoms with E-state index in [-0.39, 0.29) is 5.91 Å². The first kappa shape index (κ1) is 14.6. The van der Waals surface area contributed by atoms with Crippen LogP contribution in [0.1, 0.15) is 27.0 Å². The van der Waals surface area contributed by atoms with Gasteiger partial charge in [-0.15, -0.1) is 0 Å². The molecule has 0 spiro atoms. The summed E-state index contributed by atoms with van der Waals surface area (Å²) in [5.74, 6) is -0.0656. The Morgan fingerprint density at radius 3 is 2.52 bits per heavy atom. The van der Waals surface area contributed by atoms with Crippen molar-refractivity contribution < 1.29 is 4.79 Å². The molecule has 0 bridgehead atoms. The largest absolute Gasteiger partial charge is 0.398 e. The van der Waals surface area contributed by atoms with Crippen LogP contribution in [0.2, 0.25) is 0 Å². The van der Waals surface area contributed by atoms with Gasteiger partial charge in [0.15, 0.2) is 0 Å². The summed E-state index contributed by atoms with van der Waals surface area (Å²) in [4.78, 5) is 14.1. The van der Waals surface area contributed by atoms with Crippen molar-refractivity contribution >= 4 is 11.6 Å². The van der Waals surface area contributed by atoms with Crippen LogP contribution in [0, 0.1) is 18.3 Å². The fourth-order valence-electron chi connectivity index (χ4n) is 2.12. The van der Waals surface area contributed by atoms with Crippen LogP contribution in [-0.4, -0.2) is 17.9 Å². The van der Waals surface area contributed by atoms with E-state index in [0.717, 1.165) is 11.1 Å². The summed E-state index contributed by atoms with van der Waals surface area (Å²) in [5.41, 5.74) is 9.47. The topological polar surface area (TPSA) is 70.1 Å². The third kappa shape index (κ3) is 3.21. The summed E-state index contributed by atoms with van der Waals surface area (Å²) in [6.07, 6.45) is 0. The summed E-state index contributed by atoms with van der Waals surface area (Å²) in [6, 6.07) is 14.6. The predicted octanol–water partition coefficient (Wildman–Crippen LogP) is 2.72. The first-order chi connectivity index (χ1) is 10.0. The van der Waals surface area contributed by atoms with E-state index in [2.05, 4.69) is 6.07 Å². The Labute approximate surface area is 124 Å². The van der Waals surface area contributed by atoms with Gasteiger partial charge < -0.3 is 10.6 Å². The quantitative estimate of drug-likeness (QED) is 0.878. The van der Waals surface area contributed by atoms with Crippen molar-refractivity contribution in [1.82, 2.24) is 4.90 Å². The fourth-order valence-corrected chi connectivity index (χ4v) is 2.12. The van der Waals surface area contributed by atoms with Crippen molar-refractivity contribution in [1.29, 1.82) is 5.26 Å². The number of carbonyl (C=O) groups excluding carboxylic acids is 1. The summed E-state index contributed by atoms with van der Waals surface area (Å²) >= 11 is 0. The standard InChI is InChI=1S/C17H17N3O/c1-12-15(4-3-5-16(12)19)17(21)20(2)11-14-8-6-13(10-18)7-9-14/h3-9H,11,19H2,1-2H3. The number of nitrogens with two attached hydrogens (primary N) is 1. The van der Waals surface area contributed by atoms with Gasteiger partial charge in [0, 0.05) is 24.8 Å². The highest BCUT2D eigenvalue weighted by molar-refractivity contribution is 5.96. The van der Waals surface area contributed by atoms with Gasteiger partial charge in [-0.2, -0.15) is 5.26 Å². The number of benzene rings is 2. The Bertz CT molecular complexity index is 699. The number of hydrogen-bond acceptors (Lipinski definition) is 3. The van der Waals surface area contributed by atoms with E-state index >= 15 is 0 Å². The number of anilines is 1. The summed E-state index contributed by atoms with van der Waals surface area (Å²) in [6.45, 7) is 2.33. The zero-order chi connectivity index (χ0) is 15.4. The van der Waals surface area contributed by atoms with Gasteiger partial charge in [-0.25, -0.2) is 0 Å². The molecule has 0 aliphatic carbocycles. The van der Waals surface area contributed by atoms with Crippen molar-refractivity contribution in [3.8, 4) is 6.07 Å². The molecule has 21 heavy (non-hydrogen) atoms. The molecular weight excluding hydrogens is 262 g/mol. The number of amides is 1. The first-order valence-electron chi connectivity index (χ1n) is 6.62. The molecule has 0 aliphatic rings. The van der Waals surface area contributed by atoms with Gasteiger partial charge in [0.05, 0.1) is 11.6 Å². The Morgan fingerprint density at radius 1 is 1.24 bits per heavy atom. The molecule has 2 N–H and O–H groups in total. The summed E-state index contributed by atoms with van der Waals surface area (Å²) < 4.78 is 0. The Kier molecular flexibility index (Phi) is 4.24.